The van der Waals surface area contributed by atoms with Gasteiger partial charge in [-0.1, -0.05) is 92.6 Å². The van der Waals surface area contributed by atoms with E-state index in [-0.39, 0.29) is 30.7 Å². The van der Waals surface area contributed by atoms with E-state index in [1.807, 2.05) is 64.3 Å². The molecule has 0 heterocycles. The van der Waals surface area contributed by atoms with Crippen LogP contribution in [0.2, 0.25) is 0 Å². The summed E-state index contributed by atoms with van der Waals surface area (Å²) in [5.74, 6) is -2.60. The SMILES string of the molecule is CC.CCN(CCCC[C@H](NC(=O)CNC(=O)[C@H](C)NC(=O)CNC(=O)C1CCC(N(C)C)CC1)C(=O)NCC(C)=O)C(C)C.CO.Cc1ccccc1.Cc1ccccc1. The third-order valence-corrected chi connectivity index (χ3v) is 9.78. The molecule has 3 rings (SSSR count). The summed E-state index contributed by atoms with van der Waals surface area (Å²) in [5.41, 5.74) is 2.64. The second-order valence-electron chi connectivity index (χ2n) is 15.3. The van der Waals surface area contributed by atoms with Gasteiger partial charge in [-0.3, -0.25) is 28.8 Å². The van der Waals surface area contributed by atoms with Gasteiger partial charge in [0.25, 0.3) is 0 Å². The highest BCUT2D eigenvalue weighted by molar-refractivity contribution is 5.94. The van der Waals surface area contributed by atoms with Crippen LogP contribution in [0.5, 0.6) is 0 Å². The molecule has 0 aliphatic heterocycles. The van der Waals surface area contributed by atoms with Crippen LogP contribution < -0.4 is 26.6 Å². The van der Waals surface area contributed by atoms with Gasteiger partial charge in [0.15, 0.2) is 0 Å². The van der Waals surface area contributed by atoms with Crippen LogP contribution in [-0.2, 0) is 28.8 Å². The number of aryl methyl sites for hydroxylation is 2. The number of Topliss-reactive ketones (excluding diaryl/α,β-unsaturated/α-hetero) is 1. The van der Waals surface area contributed by atoms with Crippen LogP contribution in [0.25, 0.3) is 0 Å². The minimum atomic E-state index is -0.940. The zero-order valence-corrected chi connectivity index (χ0v) is 39.4. The Bertz CT molecular complexity index is 1450. The van der Waals surface area contributed by atoms with Crippen LogP contribution in [0.1, 0.15) is 105 Å². The van der Waals surface area contributed by atoms with Gasteiger partial charge in [0.2, 0.25) is 29.5 Å². The Labute approximate surface area is 367 Å². The first kappa shape index (κ1) is 58.4. The molecule has 0 spiro atoms. The maximum atomic E-state index is 12.6. The van der Waals surface area contributed by atoms with E-state index in [1.165, 1.54) is 25.0 Å². The topological polar surface area (TPSA) is 189 Å². The van der Waals surface area contributed by atoms with Gasteiger partial charge in [0.05, 0.1) is 19.6 Å². The molecule has 1 aliphatic rings. The lowest BCUT2D eigenvalue weighted by molar-refractivity contribution is -0.132. The second-order valence-corrected chi connectivity index (χ2v) is 15.3. The molecule has 14 nitrogen and oxygen atoms in total. The number of unbranched alkanes of at least 4 members (excludes halogenated alkanes) is 1. The van der Waals surface area contributed by atoms with Gasteiger partial charge in [-0.05, 0) is 114 Å². The molecule has 0 unspecified atom stereocenters. The molecule has 2 atom stereocenters. The lowest BCUT2D eigenvalue weighted by atomic mass is 9.85. The van der Waals surface area contributed by atoms with Crippen molar-refractivity contribution in [1.82, 2.24) is 36.4 Å². The summed E-state index contributed by atoms with van der Waals surface area (Å²) < 4.78 is 0. The highest BCUT2D eigenvalue weighted by atomic mass is 16.2. The van der Waals surface area contributed by atoms with Crippen molar-refractivity contribution in [3.05, 3.63) is 71.8 Å². The van der Waals surface area contributed by atoms with Gasteiger partial charge in [-0.25, -0.2) is 0 Å². The molecule has 1 saturated carbocycles. The Kier molecular flexibility index (Phi) is 34.5. The zero-order valence-electron chi connectivity index (χ0n) is 39.4. The number of nitrogens with zero attached hydrogens (tertiary/aromatic N) is 2. The van der Waals surface area contributed by atoms with Gasteiger partial charge in [-0.2, -0.15) is 0 Å². The van der Waals surface area contributed by atoms with Crippen molar-refractivity contribution in [3.8, 4) is 0 Å². The fourth-order valence-electron chi connectivity index (χ4n) is 6.21. The second kappa shape index (κ2) is 36.0. The number of amides is 5. The predicted octanol–water partition coefficient (Wildman–Crippen LogP) is 4.56. The van der Waals surface area contributed by atoms with Gasteiger partial charge in [-0.15, -0.1) is 0 Å². The lowest BCUT2D eigenvalue weighted by Gasteiger charge is -2.31. The summed E-state index contributed by atoms with van der Waals surface area (Å²) in [5, 5.41) is 19.8. The van der Waals surface area contributed by atoms with Gasteiger partial charge in [0.1, 0.15) is 17.9 Å². The van der Waals surface area contributed by atoms with Crippen LogP contribution in [0.15, 0.2) is 60.7 Å². The smallest absolute Gasteiger partial charge is 0.242 e. The summed E-state index contributed by atoms with van der Waals surface area (Å²) in [6, 6.07) is 19.6. The Morgan fingerprint density at radius 2 is 1.16 bits per heavy atom. The molecule has 5 amide bonds. The van der Waals surface area contributed by atoms with Crippen molar-refractivity contribution in [2.24, 2.45) is 5.92 Å². The van der Waals surface area contributed by atoms with Crippen LogP contribution in [0, 0.1) is 19.8 Å². The van der Waals surface area contributed by atoms with Crippen molar-refractivity contribution >= 4 is 35.3 Å². The maximum absolute atomic E-state index is 12.6. The number of ketones is 1. The Morgan fingerprint density at radius 1 is 0.689 bits per heavy atom. The average molecular weight is 856 g/mol. The van der Waals surface area contributed by atoms with E-state index in [1.54, 1.807) is 0 Å². The summed E-state index contributed by atoms with van der Waals surface area (Å²) >= 11 is 0. The molecular formula is C47H81N7O7. The molecular weight excluding hydrogens is 775 g/mol. The quantitative estimate of drug-likeness (QED) is 0.110. The van der Waals surface area contributed by atoms with Crippen LogP contribution in [0.4, 0.5) is 0 Å². The average Bonchev–Trinajstić information content (AvgIpc) is 3.25. The number of carbonyl (C=O) groups is 6. The standard InChI is InChI=1S/C30H55N7O6.2C7H8.C2H6.CH4O/c1-8-37(20(2)3)16-10-9-11-25(30(43)31-17-21(4)38)35-27(40)19-32-28(41)22(5)34-26(39)18-33-29(42)23-12-14-24(15-13-23)36(6)7;2*1-7-5-3-2-4-6-7;2*1-2/h20,22-25H,8-19H2,1-7H3,(H,31,43)(H,32,41)(H,33,42)(H,34,39)(H,35,40);2*2-6H,1H3;1-2H3;2H,1H3/t22-,23?,24?,25-;;;;/m0..../s1. The lowest BCUT2D eigenvalue weighted by Crippen LogP contribution is -2.52. The fraction of sp³-hybridized carbons (Fsp3) is 0.617. The van der Waals surface area contributed by atoms with Crippen LogP contribution in [0.3, 0.4) is 0 Å². The third-order valence-electron chi connectivity index (χ3n) is 9.78. The number of nitrogens with one attached hydrogen (secondary N) is 5. The largest absolute Gasteiger partial charge is 0.400 e. The van der Waals surface area contributed by atoms with Crippen LogP contribution in [-0.4, -0.2) is 128 Å². The minimum Gasteiger partial charge on any atom is -0.400 e. The van der Waals surface area contributed by atoms with E-state index >= 15 is 0 Å². The van der Waals surface area contributed by atoms with E-state index < -0.39 is 42.3 Å². The van der Waals surface area contributed by atoms with Crippen molar-refractivity contribution in [2.45, 2.75) is 131 Å². The molecule has 2 aromatic rings. The summed E-state index contributed by atoms with van der Waals surface area (Å²) in [4.78, 5) is 78.3. The van der Waals surface area contributed by atoms with E-state index in [2.05, 4.69) is 95.3 Å². The third kappa shape index (κ3) is 29.3. The van der Waals surface area contributed by atoms with Crippen molar-refractivity contribution < 1.29 is 33.9 Å². The van der Waals surface area contributed by atoms with E-state index in [4.69, 9.17) is 5.11 Å². The van der Waals surface area contributed by atoms with E-state index in [0.717, 1.165) is 52.3 Å². The van der Waals surface area contributed by atoms with Crippen molar-refractivity contribution in [3.63, 3.8) is 0 Å². The summed E-state index contributed by atoms with van der Waals surface area (Å²) in [6.45, 7) is 18.4. The van der Waals surface area contributed by atoms with Gasteiger partial charge < -0.3 is 41.5 Å². The first-order chi connectivity index (χ1) is 29.0. The molecule has 6 N–H and O–H groups in total. The molecule has 14 heteroatoms. The highest BCUT2D eigenvalue weighted by Crippen LogP contribution is 2.26. The number of rotatable bonds is 19. The molecule has 346 valence electrons. The first-order valence-corrected chi connectivity index (χ1v) is 21.8. The number of carbonyl (C=O) groups excluding carboxylic acids is 6. The Morgan fingerprint density at radius 3 is 1.59 bits per heavy atom. The number of hydrogen-bond acceptors (Lipinski definition) is 9. The van der Waals surface area contributed by atoms with Crippen molar-refractivity contribution in [2.75, 3.05) is 53.9 Å². The van der Waals surface area contributed by atoms with Crippen molar-refractivity contribution in [1.29, 1.82) is 0 Å². The van der Waals surface area contributed by atoms with E-state index in [9.17, 15) is 28.8 Å². The number of benzene rings is 2. The Balaban J connectivity index is 0. The fourth-order valence-corrected chi connectivity index (χ4v) is 6.21. The van der Waals surface area contributed by atoms with Crippen LogP contribution >= 0.6 is 0 Å². The number of aliphatic hydroxyl groups excluding tert-OH is 1. The molecule has 0 saturated heterocycles. The van der Waals surface area contributed by atoms with E-state index in [0.29, 0.717) is 24.9 Å². The first-order valence-electron chi connectivity index (χ1n) is 21.8. The number of hydrogen-bond donors (Lipinski definition) is 6. The Hall–Kier alpha value is -4.66. The molecule has 61 heavy (non-hydrogen) atoms. The maximum Gasteiger partial charge on any atom is 0.242 e. The molecule has 1 fully saturated rings. The monoisotopic (exact) mass is 856 g/mol. The predicted molar refractivity (Wildman–Crippen MR) is 247 cm³/mol. The molecule has 0 radical (unpaired) electrons. The molecule has 0 aromatic heterocycles. The minimum absolute atomic E-state index is 0.123. The molecule has 1 aliphatic carbocycles. The molecule has 2 aromatic carbocycles. The highest BCUT2D eigenvalue weighted by Gasteiger charge is 2.28. The van der Waals surface area contributed by atoms with Gasteiger partial charge >= 0.3 is 0 Å². The summed E-state index contributed by atoms with van der Waals surface area (Å²) in [7, 11) is 5.06. The summed E-state index contributed by atoms with van der Waals surface area (Å²) in [6.07, 6.45) is 5.31. The normalized spacial score (nSPS) is 15.0. The molecule has 0 bridgehead atoms. The number of aliphatic hydroxyl groups is 1. The van der Waals surface area contributed by atoms with Gasteiger partial charge in [0, 0.05) is 25.1 Å². The zero-order chi connectivity index (χ0) is 46.8.